The molecule has 0 aromatic heterocycles. The smallest absolute Gasteiger partial charge is 0.0175 e. The van der Waals surface area contributed by atoms with Crippen LogP contribution in [0.25, 0.3) is 0 Å². The fourth-order valence-electron chi connectivity index (χ4n) is 1.15. The Bertz CT molecular complexity index is 287. The molecule has 0 aliphatic rings. The molecule has 0 spiro atoms. The van der Waals surface area contributed by atoms with E-state index in [1.807, 2.05) is 0 Å². The van der Waals surface area contributed by atoms with Crippen LogP contribution in [0.5, 0.6) is 0 Å². The van der Waals surface area contributed by atoms with E-state index in [0.717, 1.165) is 16.6 Å². The van der Waals surface area contributed by atoms with E-state index in [1.54, 1.807) is 0 Å². The molecule has 1 rings (SSSR count). The number of allylic oxidation sites excluding steroid dienone is 1. The molecule has 0 atom stereocenters. The monoisotopic (exact) mass is 256 g/mol. The van der Waals surface area contributed by atoms with Crippen molar-refractivity contribution in [3.05, 3.63) is 46.0 Å². The summed E-state index contributed by atoms with van der Waals surface area (Å²) < 4.78 is 1.13. The molecule has 0 saturated heterocycles. The van der Waals surface area contributed by atoms with Gasteiger partial charge in [-0.05, 0) is 31.0 Å². The van der Waals surface area contributed by atoms with Crippen molar-refractivity contribution >= 4 is 28.6 Å². The quantitative estimate of drug-likeness (QED) is 0.616. The molecule has 1 aromatic carbocycles. The number of thiol groups is 1. The molecular formula is C11H13BrS. The fourth-order valence-corrected chi connectivity index (χ4v) is 1.73. The van der Waals surface area contributed by atoms with Crippen LogP contribution in [-0.2, 0) is 6.42 Å². The third kappa shape index (κ3) is 4.01. The first-order chi connectivity index (χ1) is 6.22. The standard InChI is InChI=1S/C11H13BrS/c1-9(6-7-13)8-10-2-4-11(12)5-3-10/h2-6,13H,7-8H2,1H3. The number of hydrogen-bond acceptors (Lipinski definition) is 1. The maximum Gasteiger partial charge on any atom is 0.0175 e. The first-order valence-corrected chi connectivity index (χ1v) is 5.66. The van der Waals surface area contributed by atoms with Crippen molar-refractivity contribution < 1.29 is 0 Å². The van der Waals surface area contributed by atoms with Gasteiger partial charge < -0.3 is 0 Å². The van der Waals surface area contributed by atoms with Crippen LogP contribution in [-0.4, -0.2) is 5.75 Å². The zero-order valence-electron chi connectivity index (χ0n) is 7.63. The highest BCUT2D eigenvalue weighted by Gasteiger charge is 1.93. The summed E-state index contributed by atoms with van der Waals surface area (Å²) >= 11 is 7.57. The third-order valence-corrected chi connectivity index (χ3v) is 2.55. The van der Waals surface area contributed by atoms with Crippen LogP contribution >= 0.6 is 28.6 Å². The number of benzene rings is 1. The summed E-state index contributed by atoms with van der Waals surface area (Å²) in [4.78, 5) is 0. The fraction of sp³-hybridized carbons (Fsp3) is 0.273. The molecule has 0 N–H and O–H groups in total. The first-order valence-electron chi connectivity index (χ1n) is 4.23. The average molecular weight is 257 g/mol. The minimum absolute atomic E-state index is 0.822. The zero-order chi connectivity index (χ0) is 9.68. The molecule has 0 aliphatic heterocycles. The van der Waals surface area contributed by atoms with Gasteiger partial charge in [0.05, 0.1) is 0 Å². The van der Waals surface area contributed by atoms with Gasteiger partial charge in [0.15, 0.2) is 0 Å². The highest BCUT2D eigenvalue weighted by atomic mass is 79.9. The Hall–Kier alpha value is -0.210. The molecule has 1 aromatic rings. The number of hydrogen-bond donors (Lipinski definition) is 1. The van der Waals surface area contributed by atoms with E-state index < -0.39 is 0 Å². The van der Waals surface area contributed by atoms with Crippen LogP contribution in [0.15, 0.2) is 40.4 Å². The van der Waals surface area contributed by atoms with Crippen molar-refractivity contribution in [2.24, 2.45) is 0 Å². The Labute approximate surface area is 93.6 Å². The summed E-state index contributed by atoms with van der Waals surface area (Å²) in [5, 5.41) is 0. The maximum atomic E-state index is 4.16. The van der Waals surface area contributed by atoms with Gasteiger partial charge in [-0.15, -0.1) is 0 Å². The summed E-state index contributed by atoms with van der Waals surface area (Å²) in [6.07, 6.45) is 3.17. The summed E-state index contributed by atoms with van der Waals surface area (Å²) in [5.74, 6) is 0.822. The predicted octanol–water partition coefficient (Wildman–Crippen LogP) is 3.87. The minimum atomic E-state index is 0.822. The van der Waals surface area contributed by atoms with Crippen molar-refractivity contribution in [1.82, 2.24) is 0 Å². The van der Waals surface area contributed by atoms with E-state index in [-0.39, 0.29) is 0 Å². The molecule has 0 bridgehead atoms. The first kappa shape index (κ1) is 10.9. The van der Waals surface area contributed by atoms with Crippen molar-refractivity contribution in [3.8, 4) is 0 Å². The average Bonchev–Trinajstić information content (AvgIpc) is 2.09. The minimum Gasteiger partial charge on any atom is -0.175 e. The Balaban J connectivity index is 2.64. The molecule has 0 saturated carbocycles. The van der Waals surface area contributed by atoms with Crippen LogP contribution in [0.1, 0.15) is 12.5 Å². The normalized spacial score (nSPS) is 11.8. The van der Waals surface area contributed by atoms with Gasteiger partial charge in [-0.2, -0.15) is 12.6 Å². The second kappa shape index (κ2) is 5.51. The molecule has 70 valence electrons. The Kier molecular flexibility index (Phi) is 4.60. The van der Waals surface area contributed by atoms with Gasteiger partial charge in [0.25, 0.3) is 0 Å². The lowest BCUT2D eigenvalue weighted by Crippen LogP contribution is -1.86. The van der Waals surface area contributed by atoms with Gasteiger partial charge >= 0.3 is 0 Å². The third-order valence-electron chi connectivity index (χ3n) is 1.84. The molecule has 0 radical (unpaired) electrons. The van der Waals surface area contributed by atoms with Crippen molar-refractivity contribution in [2.45, 2.75) is 13.3 Å². The SMILES string of the molecule is CC(=CCS)Cc1ccc(Br)cc1. The Morgan fingerprint density at radius 2 is 2.00 bits per heavy atom. The van der Waals surface area contributed by atoms with Crippen molar-refractivity contribution in [2.75, 3.05) is 5.75 Å². The lowest BCUT2D eigenvalue weighted by Gasteiger charge is -2.01. The number of rotatable bonds is 3. The van der Waals surface area contributed by atoms with E-state index in [4.69, 9.17) is 0 Å². The summed E-state index contributed by atoms with van der Waals surface area (Å²) in [6.45, 7) is 2.14. The molecule has 0 amide bonds. The van der Waals surface area contributed by atoms with Gasteiger partial charge in [-0.25, -0.2) is 0 Å². The largest absolute Gasteiger partial charge is 0.175 e. The van der Waals surface area contributed by atoms with Crippen molar-refractivity contribution in [3.63, 3.8) is 0 Å². The van der Waals surface area contributed by atoms with Gasteiger partial charge in [0.1, 0.15) is 0 Å². The summed E-state index contributed by atoms with van der Waals surface area (Å²) in [6, 6.07) is 8.42. The Morgan fingerprint density at radius 1 is 1.38 bits per heavy atom. The lowest BCUT2D eigenvalue weighted by molar-refractivity contribution is 1.14. The maximum absolute atomic E-state index is 4.16. The van der Waals surface area contributed by atoms with Crippen LogP contribution in [0.2, 0.25) is 0 Å². The highest BCUT2D eigenvalue weighted by molar-refractivity contribution is 9.10. The van der Waals surface area contributed by atoms with Crippen LogP contribution in [0, 0.1) is 0 Å². The van der Waals surface area contributed by atoms with Crippen LogP contribution in [0.3, 0.4) is 0 Å². The highest BCUT2D eigenvalue weighted by Crippen LogP contribution is 2.13. The predicted molar refractivity (Wildman–Crippen MR) is 65.5 cm³/mol. The molecule has 0 fully saturated rings. The van der Waals surface area contributed by atoms with E-state index in [0.29, 0.717) is 0 Å². The second-order valence-electron chi connectivity index (χ2n) is 3.04. The van der Waals surface area contributed by atoms with E-state index >= 15 is 0 Å². The molecule has 0 aliphatic carbocycles. The van der Waals surface area contributed by atoms with E-state index in [9.17, 15) is 0 Å². The summed E-state index contributed by atoms with van der Waals surface area (Å²) in [5.41, 5.74) is 2.72. The van der Waals surface area contributed by atoms with Gasteiger partial charge in [-0.1, -0.05) is 39.7 Å². The second-order valence-corrected chi connectivity index (χ2v) is 4.32. The van der Waals surface area contributed by atoms with E-state index in [1.165, 1.54) is 11.1 Å². The van der Waals surface area contributed by atoms with Crippen molar-refractivity contribution in [1.29, 1.82) is 0 Å². The van der Waals surface area contributed by atoms with Gasteiger partial charge in [0, 0.05) is 10.2 Å². The zero-order valence-corrected chi connectivity index (χ0v) is 10.1. The lowest BCUT2D eigenvalue weighted by atomic mass is 10.1. The molecule has 0 unspecified atom stereocenters. The molecule has 0 nitrogen and oxygen atoms in total. The molecule has 13 heavy (non-hydrogen) atoms. The molecule has 0 heterocycles. The van der Waals surface area contributed by atoms with Gasteiger partial charge in [-0.3, -0.25) is 0 Å². The molecule has 2 heteroatoms. The Morgan fingerprint density at radius 3 is 2.54 bits per heavy atom. The molecular weight excluding hydrogens is 244 g/mol. The summed E-state index contributed by atoms with van der Waals surface area (Å²) in [7, 11) is 0. The van der Waals surface area contributed by atoms with Crippen LogP contribution in [0.4, 0.5) is 0 Å². The van der Waals surface area contributed by atoms with Gasteiger partial charge in [0.2, 0.25) is 0 Å². The number of halogens is 1. The van der Waals surface area contributed by atoms with E-state index in [2.05, 4.69) is 65.8 Å². The van der Waals surface area contributed by atoms with Crippen LogP contribution < -0.4 is 0 Å². The topological polar surface area (TPSA) is 0 Å².